The minimum atomic E-state index is 0.791. The number of anilines is 2. The first-order valence-electron chi connectivity index (χ1n) is 6.97. The molecule has 1 heterocycles. The molecule has 0 saturated heterocycles. The van der Waals surface area contributed by atoms with Crippen LogP contribution in [-0.4, -0.2) is 11.5 Å². The topological polar surface area (TPSA) is 50.9 Å². The molecule has 0 radical (unpaired) electrons. The summed E-state index contributed by atoms with van der Waals surface area (Å²) in [6.45, 7) is 7.54. The van der Waals surface area contributed by atoms with Crippen LogP contribution in [0, 0.1) is 12.8 Å². The molecular formula is C15H23N3S. The van der Waals surface area contributed by atoms with E-state index in [-0.39, 0.29) is 0 Å². The van der Waals surface area contributed by atoms with Crippen molar-refractivity contribution >= 4 is 32.9 Å². The van der Waals surface area contributed by atoms with Gasteiger partial charge in [0, 0.05) is 6.54 Å². The maximum Gasteiger partial charge on any atom is 0.0907 e. The maximum atomic E-state index is 6.08. The highest BCUT2D eigenvalue weighted by Crippen LogP contribution is 2.29. The Balaban J connectivity index is 1.94. The number of nitrogen functional groups attached to an aromatic ring is 1. The van der Waals surface area contributed by atoms with Crippen LogP contribution in [-0.2, 0) is 0 Å². The number of aryl methyl sites for hydroxylation is 1. The quantitative estimate of drug-likeness (QED) is 0.607. The van der Waals surface area contributed by atoms with Gasteiger partial charge in [-0.15, -0.1) is 11.3 Å². The van der Waals surface area contributed by atoms with E-state index in [2.05, 4.69) is 30.2 Å². The number of benzene rings is 1. The van der Waals surface area contributed by atoms with E-state index in [4.69, 9.17) is 5.73 Å². The van der Waals surface area contributed by atoms with Gasteiger partial charge in [0.25, 0.3) is 0 Å². The summed E-state index contributed by atoms with van der Waals surface area (Å²) in [6, 6.07) is 4.09. The van der Waals surface area contributed by atoms with Crippen molar-refractivity contribution in [3.05, 3.63) is 17.1 Å². The van der Waals surface area contributed by atoms with Crippen molar-refractivity contribution in [3.63, 3.8) is 0 Å². The van der Waals surface area contributed by atoms with Crippen molar-refractivity contribution in [1.29, 1.82) is 0 Å². The van der Waals surface area contributed by atoms with E-state index in [1.54, 1.807) is 11.3 Å². The summed E-state index contributed by atoms with van der Waals surface area (Å²) in [5.74, 6) is 0.791. The van der Waals surface area contributed by atoms with Crippen LogP contribution in [0.25, 0.3) is 10.2 Å². The highest BCUT2D eigenvalue weighted by Gasteiger charge is 2.05. The second-order valence-corrected chi connectivity index (χ2v) is 6.69. The summed E-state index contributed by atoms with van der Waals surface area (Å²) >= 11 is 1.69. The molecule has 1 aromatic carbocycles. The van der Waals surface area contributed by atoms with E-state index in [9.17, 15) is 0 Å². The lowest BCUT2D eigenvalue weighted by atomic mass is 10.1. The fourth-order valence-corrected chi connectivity index (χ4v) is 3.02. The van der Waals surface area contributed by atoms with Crippen LogP contribution in [0.3, 0.4) is 0 Å². The van der Waals surface area contributed by atoms with Gasteiger partial charge in [0.05, 0.1) is 26.6 Å². The first kappa shape index (κ1) is 14.1. The number of unbranched alkanes of at least 4 members (excludes halogenated alkanes) is 1. The number of thiazole rings is 1. The summed E-state index contributed by atoms with van der Waals surface area (Å²) < 4.78 is 1.17. The maximum absolute atomic E-state index is 6.08. The van der Waals surface area contributed by atoms with Gasteiger partial charge in [-0.05, 0) is 31.4 Å². The lowest BCUT2D eigenvalue weighted by Crippen LogP contribution is -2.04. The number of nitrogens with one attached hydrogen (secondary N) is 1. The van der Waals surface area contributed by atoms with Crippen molar-refractivity contribution in [1.82, 2.24) is 4.98 Å². The van der Waals surface area contributed by atoms with Crippen molar-refractivity contribution in [2.45, 2.75) is 40.0 Å². The minimum absolute atomic E-state index is 0.791. The molecule has 0 aliphatic rings. The van der Waals surface area contributed by atoms with Crippen LogP contribution in [0.5, 0.6) is 0 Å². The lowest BCUT2D eigenvalue weighted by molar-refractivity contribution is 0.545. The zero-order chi connectivity index (χ0) is 13.8. The molecule has 0 saturated carbocycles. The molecule has 1 aromatic heterocycles. The van der Waals surface area contributed by atoms with Crippen molar-refractivity contribution in [3.8, 4) is 0 Å². The van der Waals surface area contributed by atoms with Crippen LogP contribution in [0.4, 0.5) is 11.4 Å². The number of hydrogen-bond acceptors (Lipinski definition) is 4. The summed E-state index contributed by atoms with van der Waals surface area (Å²) in [6.07, 6.45) is 3.75. The Labute approximate surface area is 119 Å². The third-order valence-corrected chi connectivity index (χ3v) is 4.12. The number of hydrogen-bond donors (Lipinski definition) is 2. The largest absolute Gasteiger partial charge is 0.397 e. The Kier molecular flexibility index (Phi) is 4.64. The van der Waals surface area contributed by atoms with E-state index in [0.29, 0.717) is 0 Å². The summed E-state index contributed by atoms with van der Waals surface area (Å²) in [7, 11) is 0. The molecule has 0 aliphatic heterocycles. The standard InChI is InChI=1S/C15H23N3S/c1-10(2)6-4-5-7-17-13-9-14-15(8-12(13)16)19-11(3)18-14/h8-10,17H,4-7,16H2,1-3H3. The van der Waals surface area contributed by atoms with Gasteiger partial charge in [-0.3, -0.25) is 0 Å². The normalized spacial score (nSPS) is 11.4. The molecule has 19 heavy (non-hydrogen) atoms. The molecule has 0 fully saturated rings. The molecule has 0 aliphatic carbocycles. The van der Waals surface area contributed by atoms with Crippen molar-refractivity contribution in [2.24, 2.45) is 5.92 Å². The molecule has 0 atom stereocenters. The van der Waals surface area contributed by atoms with E-state index >= 15 is 0 Å². The molecule has 0 unspecified atom stereocenters. The molecule has 2 rings (SSSR count). The molecule has 104 valence electrons. The smallest absolute Gasteiger partial charge is 0.0907 e. The third kappa shape index (κ3) is 3.83. The van der Waals surface area contributed by atoms with Crippen LogP contribution in [0.15, 0.2) is 12.1 Å². The molecule has 3 nitrogen and oxygen atoms in total. The second kappa shape index (κ2) is 6.24. The average Bonchev–Trinajstić information content (AvgIpc) is 2.67. The highest BCUT2D eigenvalue weighted by molar-refractivity contribution is 7.18. The predicted octanol–water partition coefficient (Wildman–Crippen LogP) is 4.43. The molecule has 0 bridgehead atoms. The number of rotatable bonds is 6. The van der Waals surface area contributed by atoms with Crippen LogP contribution in [0.1, 0.15) is 38.1 Å². The first-order valence-corrected chi connectivity index (χ1v) is 7.78. The van der Waals surface area contributed by atoms with Gasteiger partial charge in [0.1, 0.15) is 0 Å². The predicted molar refractivity (Wildman–Crippen MR) is 85.9 cm³/mol. The Morgan fingerprint density at radius 2 is 2.11 bits per heavy atom. The minimum Gasteiger partial charge on any atom is -0.397 e. The molecule has 0 spiro atoms. The molecular weight excluding hydrogens is 254 g/mol. The van der Waals surface area contributed by atoms with Crippen LogP contribution in [0.2, 0.25) is 0 Å². The Bertz CT molecular complexity index is 546. The number of aromatic nitrogens is 1. The Hall–Kier alpha value is -1.29. The monoisotopic (exact) mass is 277 g/mol. The number of nitrogens with zero attached hydrogens (tertiary/aromatic N) is 1. The van der Waals surface area contributed by atoms with Gasteiger partial charge in [0.15, 0.2) is 0 Å². The van der Waals surface area contributed by atoms with Crippen molar-refractivity contribution in [2.75, 3.05) is 17.6 Å². The van der Waals surface area contributed by atoms with E-state index in [0.717, 1.165) is 34.4 Å². The fraction of sp³-hybridized carbons (Fsp3) is 0.533. The zero-order valence-corrected chi connectivity index (χ0v) is 12.8. The SMILES string of the molecule is Cc1nc2cc(NCCCCC(C)C)c(N)cc2s1. The lowest BCUT2D eigenvalue weighted by Gasteiger charge is -2.10. The zero-order valence-electron chi connectivity index (χ0n) is 12.0. The van der Waals surface area contributed by atoms with Crippen molar-refractivity contribution < 1.29 is 0 Å². The van der Waals surface area contributed by atoms with Crippen LogP contribution >= 0.6 is 11.3 Å². The summed E-state index contributed by atoms with van der Waals surface area (Å²) in [5.41, 5.74) is 8.95. The van der Waals surface area contributed by atoms with E-state index in [1.165, 1.54) is 24.0 Å². The first-order chi connectivity index (χ1) is 9.06. The Morgan fingerprint density at radius 3 is 2.84 bits per heavy atom. The van der Waals surface area contributed by atoms with Crippen LogP contribution < -0.4 is 11.1 Å². The van der Waals surface area contributed by atoms with E-state index < -0.39 is 0 Å². The highest BCUT2D eigenvalue weighted by atomic mass is 32.1. The molecule has 3 N–H and O–H groups in total. The van der Waals surface area contributed by atoms with Gasteiger partial charge in [-0.2, -0.15) is 0 Å². The fourth-order valence-electron chi connectivity index (χ4n) is 2.16. The summed E-state index contributed by atoms with van der Waals surface area (Å²) in [4.78, 5) is 4.51. The van der Waals surface area contributed by atoms with E-state index in [1.807, 2.05) is 13.0 Å². The van der Waals surface area contributed by atoms with Gasteiger partial charge < -0.3 is 11.1 Å². The Morgan fingerprint density at radius 1 is 1.32 bits per heavy atom. The molecule has 4 heteroatoms. The van der Waals surface area contributed by atoms with Gasteiger partial charge >= 0.3 is 0 Å². The van der Waals surface area contributed by atoms with Gasteiger partial charge in [-0.1, -0.05) is 26.7 Å². The van der Waals surface area contributed by atoms with Gasteiger partial charge in [-0.25, -0.2) is 4.98 Å². The number of nitrogens with two attached hydrogens (primary N) is 1. The molecule has 2 aromatic rings. The summed E-state index contributed by atoms with van der Waals surface area (Å²) in [5, 5.41) is 4.51. The average molecular weight is 277 g/mol. The second-order valence-electron chi connectivity index (χ2n) is 5.46. The number of fused-ring (bicyclic) bond motifs is 1. The molecule has 0 amide bonds. The van der Waals surface area contributed by atoms with Gasteiger partial charge in [0.2, 0.25) is 0 Å². The third-order valence-electron chi connectivity index (χ3n) is 3.19.